The topological polar surface area (TPSA) is 49.9 Å². The van der Waals surface area contributed by atoms with Crippen molar-refractivity contribution in [3.8, 4) is 0 Å². The predicted octanol–water partition coefficient (Wildman–Crippen LogP) is 1.42. The maximum absolute atomic E-state index is 12.2. The summed E-state index contributed by atoms with van der Waals surface area (Å²) in [6.45, 7) is 5.61. The SMILES string of the molecule is CCN(CC1CCCCO1)C(=O)CCN1CCCC1=O. The van der Waals surface area contributed by atoms with Gasteiger partial charge in [0.2, 0.25) is 11.8 Å². The Bertz CT molecular complexity index is 340. The van der Waals surface area contributed by atoms with Gasteiger partial charge in [-0.15, -0.1) is 0 Å². The molecule has 0 bridgehead atoms. The van der Waals surface area contributed by atoms with Gasteiger partial charge in [-0.3, -0.25) is 9.59 Å². The molecule has 2 aliphatic rings. The van der Waals surface area contributed by atoms with Gasteiger partial charge < -0.3 is 14.5 Å². The zero-order valence-corrected chi connectivity index (χ0v) is 12.5. The molecule has 2 rings (SSSR count). The van der Waals surface area contributed by atoms with Gasteiger partial charge in [-0.25, -0.2) is 0 Å². The lowest BCUT2D eigenvalue weighted by Gasteiger charge is -2.29. The second kappa shape index (κ2) is 7.62. The molecule has 114 valence electrons. The summed E-state index contributed by atoms with van der Waals surface area (Å²) in [5.41, 5.74) is 0. The van der Waals surface area contributed by atoms with E-state index in [-0.39, 0.29) is 17.9 Å². The van der Waals surface area contributed by atoms with Gasteiger partial charge in [0.15, 0.2) is 0 Å². The Morgan fingerprint density at radius 2 is 2.25 bits per heavy atom. The number of carbonyl (C=O) groups is 2. The van der Waals surface area contributed by atoms with E-state index in [9.17, 15) is 9.59 Å². The summed E-state index contributed by atoms with van der Waals surface area (Å²) in [6.07, 6.45) is 5.58. The van der Waals surface area contributed by atoms with E-state index < -0.39 is 0 Å². The first-order valence-electron chi connectivity index (χ1n) is 7.88. The summed E-state index contributed by atoms with van der Waals surface area (Å²) in [5, 5.41) is 0. The summed E-state index contributed by atoms with van der Waals surface area (Å²) in [5.74, 6) is 0.331. The average molecular weight is 282 g/mol. The molecule has 0 aliphatic carbocycles. The third-order valence-corrected chi connectivity index (χ3v) is 4.20. The molecule has 0 radical (unpaired) electrons. The number of amides is 2. The number of ether oxygens (including phenoxy) is 1. The molecule has 20 heavy (non-hydrogen) atoms. The van der Waals surface area contributed by atoms with Crippen LogP contribution in [0.3, 0.4) is 0 Å². The van der Waals surface area contributed by atoms with Gasteiger partial charge in [-0.05, 0) is 32.6 Å². The summed E-state index contributed by atoms with van der Waals surface area (Å²) >= 11 is 0. The predicted molar refractivity (Wildman–Crippen MR) is 76.3 cm³/mol. The minimum atomic E-state index is 0.140. The highest BCUT2D eigenvalue weighted by Crippen LogP contribution is 2.15. The Kier molecular flexibility index (Phi) is 5.83. The van der Waals surface area contributed by atoms with Crippen LogP contribution in [-0.4, -0.2) is 60.5 Å². The van der Waals surface area contributed by atoms with Crippen LogP contribution in [0, 0.1) is 0 Å². The van der Waals surface area contributed by atoms with Crippen LogP contribution in [0.2, 0.25) is 0 Å². The van der Waals surface area contributed by atoms with Gasteiger partial charge >= 0.3 is 0 Å². The first kappa shape index (κ1) is 15.3. The lowest BCUT2D eigenvalue weighted by atomic mass is 10.1. The minimum Gasteiger partial charge on any atom is -0.376 e. The van der Waals surface area contributed by atoms with Crippen molar-refractivity contribution in [3.05, 3.63) is 0 Å². The Hall–Kier alpha value is -1.10. The summed E-state index contributed by atoms with van der Waals surface area (Å²) in [6, 6.07) is 0. The van der Waals surface area contributed by atoms with Gasteiger partial charge in [0.25, 0.3) is 0 Å². The highest BCUT2D eigenvalue weighted by Gasteiger charge is 2.23. The van der Waals surface area contributed by atoms with E-state index in [2.05, 4.69) is 0 Å². The fourth-order valence-corrected chi connectivity index (χ4v) is 2.93. The zero-order chi connectivity index (χ0) is 14.4. The lowest BCUT2D eigenvalue weighted by Crippen LogP contribution is -2.41. The first-order chi connectivity index (χ1) is 9.70. The highest BCUT2D eigenvalue weighted by atomic mass is 16.5. The number of rotatable bonds is 6. The van der Waals surface area contributed by atoms with Gasteiger partial charge in [0.1, 0.15) is 0 Å². The Balaban J connectivity index is 1.74. The number of nitrogens with zero attached hydrogens (tertiary/aromatic N) is 2. The van der Waals surface area contributed by atoms with Crippen molar-refractivity contribution in [1.29, 1.82) is 0 Å². The number of hydrogen-bond donors (Lipinski definition) is 0. The van der Waals surface area contributed by atoms with Gasteiger partial charge in [-0.2, -0.15) is 0 Å². The van der Waals surface area contributed by atoms with Crippen LogP contribution in [0.15, 0.2) is 0 Å². The Morgan fingerprint density at radius 1 is 1.40 bits per heavy atom. The van der Waals surface area contributed by atoms with Crippen LogP contribution >= 0.6 is 0 Å². The van der Waals surface area contributed by atoms with Crippen molar-refractivity contribution in [3.63, 3.8) is 0 Å². The third kappa shape index (κ3) is 4.20. The minimum absolute atomic E-state index is 0.140. The molecule has 0 spiro atoms. The molecule has 1 atom stereocenters. The zero-order valence-electron chi connectivity index (χ0n) is 12.5. The second-order valence-electron chi connectivity index (χ2n) is 5.66. The van der Waals surface area contributed by atoms with Crippen LogP contribution in [0.4, 0.5) is 0 Å². The van der Waals surface area contributed by atoms with Gasteiger partial charge in [-0.1, -0.05) is 0 Å². The number of hydrogen-bond acceptors (Lipinski definition) is 3. The monoisotopic (exact) mass is 282 g/mol. The molecule has 0 aromatic heterocycles. The van der Waals surface area contributed by atoms with Crippen molar-refractivity contribution >= 4 is 11.8 Å². The van der Waals surface area contributed by atoms with Crippen molar-refractivity contribution < 1.29 is 14.3 Å². The van der Waals surface area contributed by atoms with Crippen molar-refractivity contribution in [2.45, 2.75) is 51.6 Å². The van der Waals surface area contributed by atoms with E-state index in [0.29, 0.717) is 32.5 Å². The van der Waals surface area contributed by atoms with Crippen LogP contribution in [0.25, 0.3) is 0 Å². The molecule has 2 aliphatic heterocycles. The molecule has 0 saturated carbocycles. The summed E-state index contributed by atoms with van der Waals surface area (Å²) in [7, 11) is 0. The molecule has 2 amide bonds. The molecule has 5 nitrogen and oxygen atoms in total. The van der Waals surface area contributed by atoms with Crippen LogP contribution < -0.4 is 0 Å². The molecule has 0 aromatic carbocycles. The molecule has 2 fully saturated rings. The van der Waals surface area contributed by atoms with E-state index in [1.54, 1.807) is 0 Å². The quantitative estimate of drug-likeness (QED) is 0.740. The number of carbonyl (C=O) groups excluding carboxylic acids is 2. The largest absolute Gasteiger partial charge is 0.376 e. The van der Waals surface area contributed by atoms with Gasteiger partial charge in [0.05, 0.1) is 6.10 Å². The Morgan fingerprint density at radius 3 is 2.85 bits per heavy atom. The van der Waals surface area contributed by atoms with E-state index in [0.717, 1.165) is 32.4 Å². The van der Waals surface area contributed by atoms with Crippen molar-refractivity contribution in [2.24, 2.45) is 0 Å². The van der Waals surface area contributed by atoms with Crippen LogP contribution in [0.5, 0.6) is 0 Å². The first-order valence-corrected chi connectivity index (χ1v) is 7.88. The summed E-state index contributed by atoms with van der Waals surface area (Å²) < 4.78 is 5.70. The fourth-order valence-electron chi connectivity index (χ4n) is 2.93. The molecule has 2 heterocycles. The molecular formula is C15H26N2O3. The van der Waals surface area contributed by atoms with Crippen molar-refractivity contribution in [1.82, 2.24) is 9.80 Å². The van der Waals surface area contributed by atoms with E-state index in [1.807, 2.05) is 16.7 Å². The number of likely N-dealkylation sites (N-methyl/N-ethyl adjacent to an activating group) is 1. The standard InChI is InChI=1S/C15H26N2O3/c1-2-16(12-13-6-3-4-11-20-13)15(19)8-10-17-9-5-7-14(17)18/h13H,2-12H2,1H3. The van der Waals surface area contributed by atoms with E-state index >= 15 is 0 Å². The Labute approximate surface area is 121 Å². The molecular weight excluding hydrogens is 256 g/mol. The van der Waals surface area contributed by atoms with E-state index in [1.165, 1.54) is 6.42 Å². The normalized spacial score (nSPS) is 23.1. The molecule has 5 heteroatoms. The molecule has 2 saturated heterocycles. The van der Waals surface area contributed by atoms with Crippen LogP contribution in [0.1, 0.15) is 45.4 Å². The van der Waals surface area contributed by atoms with Gasteiger partial charge in [0, 0.05) is 45.6 Å². The lowest BCUT2D eigenvalue weighted by molar-refractivity contribution is -0.135. The maximum atomic E-state index is 12.2. The van der Waals surface area contributed by atoms with E-state index in [4.69, 9.17) is 4.74 Å². The molecule has 0 N–H and O–H groups in total. The summed E-state index contributed by atoms with van der Waals surface area (Å²) in [4.78, 5) is 27.4. The molecule has 0 aromatic rings. The average Bonchev–Trinajstić information content (AvgIpc) is 2.88. The highest BCUT2D eigenvalue weighted by molar-refractivity contribution is 5.80. The smallest absolute Gasteiger partial charge is 0.224 e. The fraction of sp³-hybridized carbons (Fsp3) is 0.867. The number of likely N-dealkylation sites (tertiary alicyclic amines) is 1. The van der Waals surface area contributed by atoms with Crippen molar-refractivity contribution in [2.75, 3.05) is 32.8 Å². The third-order valence-electron chi connectivity index (χ3n) is 4.20. The van der Waals surface area contributed by atoms with Crippen LogP contribution in [-0.2, 0) is 14.3 Å². The second-order valence-corrected chi connectivity index (χ2v) is 5.66. The maximum Gasteiger partial charge on any atom is 0.224 e. The molecule has 1 unspecified atom stereocenters.